The normalized spacial score (nSPS) is 18.2. The minimum atomic E-state index is -0.0219. The SMILES string of the molecule is CC(NC(=O)CCOC1CCNCC1)c1nccs1. The third-order valence-electron chi connectivity index (χ3n) is 3.17. The Bertz CT molecular complexity index is 377. The molecular weight excluding hydrogens is 262 g/mol. The number of rotatable bonds is 6. The maximum atomic E-state index is 11.8. The van der Waals surface area contributed by atoms with Crippen molar-refractivity contribution < 1.29 is 9.53 Å². The Morgan fingerprint density at radius 3 is 3.11 bits per heavy atom. The summed E-state index contributed by atoms with van der Waals surface area (Å²) < 4.78 is 5.71. The number of hydrogen-bond donors (Lipinski definition) is 2. The van der Waals surface area contributed by atoms with E-state index in [1.165, 1.54) is 0 Å². The van der Waals surface area contributed by atoms with Crippen molar-refractivity contribution in [3.8, 4) is 0 Å². The topological polar surface area (TPSA) is 63.2 Å². The molecule has 0 spiro atoms. The lowest BCUT2D eigenvalue weighted by atomic mass is 10.1. The van der Waals surface area contributed by atoms with Gasteiger partial charge in [0.1, 0.15) is 5.01 Å². The van der Waals surface area contributed by atoms with Gasteiger partial charge in [-0.2, -0.15) is 0 Å². The second kappa shape index (κ2) is 7.57. The van der Waals surface area contributed by atoms with Gasteiger partial charge in [0.25, 0.3) is 0 Å². The third kappa shape index (κ3) is 4.89. The molecule has 1 fully saturated rings. The highest BCUT2D eigenvalue weighted by Crippen LogP contribution is 2.14. The van der Waals surface area contributed by atoms with E-state index in [1.807, 2.05) is 12.3 Å². The Labute approximate surface area is 117 Å². The first-order valence-corrected chi connectivity index (χ1v) is 7.64. The van der Waals surface area contributed by atoms with Crippen LogP contribution in [0, 0.1) is 0 Å². The zero-order chi connectivity index (χ0) is 13.5. The van der Waals surface area contributed by atoms with Gasteiger partial charge in [-0.25, -0.2) is 4.98 Å². The van der Waals surface area contributed by atoms with Gasteiger partial charge < -0.3 is 15.4 Å². The molecule has 5 nitrogen and oxygen atoms in total. The van der Waals surface area contributed by atoms with Crippen LogP contribution in [0.15, 0.2) is 11.6 Å². The first-order chi connectivity index (χ1) is 9.25. The highest BCUT2D eigenvalue weighted by atomic mass is 32.1. The van der Waals surface area contributed by atoms with Crippen LogP contribution in [-0.2, 0) is 9.53 Å². The standard InChI is InChI=1S/C13H21N3O2S/c1-10(13-15-7-9-19-13)16-12(17)4-8-18-11-2-5-14-6-3-11/h7,9-11,14H,2-6,8H2,1H3,(H,16,17). The summed E-state index contributed by atoms with van der Waals surface area (Å²) in [6.07, 6.45) is 4.56. The second-order valence-electron chi connectivity index (χ2n) is 4.73. The molecule has 2 heterocycles. The number of carbonyl (C=O) groups is 1. The van der Waals surface area contributed by atoms with Crippen LogP contribution < -0.4 is 10.6 Å². The molecule has 2 N–H and O–H groups in total. The minimum Gasteiger partial charge on any atom is -0.378 e. The van der Waals surface area contributed by atoms with Gasteiger partial charge in [-0.1, -0.05) is 0 Å². The van der Waals surface area contributed by atoms with E-state index in [1.54, 1.807) is 17.5 Å². The summed E-state index contributed by atoms with van der Waals surface area (Å²) in [6.45, 7) is 4.47. The summed E-state index contributed by atoms with van der Waals surface area (Å²) in [7, 11) is 0. The van der Waals surface area contributed by atoms with Crippen molar-refractivity contribution in [3.05, 3.63) is 16.6 Å². The largest absolute Gasteiger partial charge is 0.378 e. The van der Waals surface area contributed by atoms with E-state index in [4.69, 9.17) is 4.74 Å². The molecule has 0 bridgehead atoms. The van der Waals surface area contributed by atoms with E-state index >= 15 is 0 Å². The first kappa shape index (κ1) is 14.4. The van der Waals surface area contributed by atoms with Crippen LogP contribution in [0.3, 0.4) is 0 Å². The van der Waals surface area contributed by atoms with Gasteiger partial charge in [-0.15, -0.1) is 11.3 Å². The van der Waals surface area contributed by atoms with Crippen molar-refractivity contribution in [2.75, 3.05) is 19.7 Å². The Morgan fingerprint density at radius 2 is 2.42 bits per heavy atom. The van der Waals surface area contributed by atoms with E-state index in [0.717, 1.165) is 30.9 Å². The van der Waals surface area contributed by atoms with Crippen LogP contribution in [0.25, 0.3) is 0 Å². The highest BCUT2D eigenvalue weighted by molar-refractivity contribution is 7.09. The smallest absolute Gasteiger partial charge is 0.222 e. The molecule has 0 radical (unpaired) electrons. The summed E-state index contributed by atoms with van der Waals surface area (Å²) >= 11 is 1.56. The number of thiazole rings is 1. The second-order valence-corrected chi connectivity index (χ2v) is 5.66. The van der Waals surface area contributed by atoms with Crippen LogP contribution >= 0.6 is 11.3 Å². The van der Waals surface area contributed by atoms with Crippen molar-refractivity contribution in [2.45, 2.75) is 38.3 Å². The number of amides is 1. The first-order valence-electron chi connectivity index (χ1n) is 6.77. The molecule has 106 valence electrons. The lowest BCUT2D eigenvalue weighted by molar-refractivity contribution is -0.123. The number of aromatic nitrogens is 1. The van der Waals surface area contributed by atoms with Gasteiger partial charge in [0.15, 0.2) is 0 Å². The molecule has 1 unspecified atom stereocenters. The predicted octanol–water partition coefficient (Wildman–Crippen LogP) is 1.48. The Morgan fingerprint density at radius 1 is 1.63 bits per heavy atom. The van der Waals surface area contributed by atoms with E-state index in [0.29, 0.717) is 19.1 Å². The molecule has 19 heavy (non-hydrogen) atoms. The maximum absolute atomic E-state index is 11.8. The summed E-state index contributed by atoms with van der Waals surface area (Å²) in [4.78, 5) is 16.0. The third-order valence-corrected chi connectivity index (χ3v) is 4.13. The van der Waals surface area contributed by atoms with Crippen LogP contribution in [0.4, 0.5) is 0 Å². The quantitative estimate of drug-likeness (QED) is 0.830. The average molecular weight is 283 g/mol. The Balaban J connectivity index is 1.61. The monoisotopic (exact) mass is 283 g/mol. The van der Waals surface area contributed by atoms with Gasteiger partial charge in [-0.05, 0) is 32.9 Å². The molecule has 1 aromatic rings. The Hall–Kier alpha value is -0.980. The molecule has 1 aliphatic rings. The molecule has 1 saturated heterocycles. The number of carbonyl (C=O) groups excluding carboxylic acids is 1. The van der Waals surface area contributed by atoms with Crippen LogP contribution in [0.1, 0.15) is 37.2 Å². The molecular formula is C13H21N3O2S. The van der Waals surface area contributed by atoms with Crippen molar-refractivity contribution in [2.24, 2.45) is 0 Å². The van der Waals surface area contributed by atoms with Crippen molar-refractivity contribution >= 4 is 17.2 Å². The molecule has 2 rings (SSSR count). The zero-order valence-corrected chi connectivity index (χ0v) is 12.0. The van der Waals surface area contributed by atoms with Crippen molar-refractivity contribution in [3.63, 3.8) is 0 Å². The average Bonchev–Trinajstić information content (AvgIpc) is 2.94. The van der Waals surface area contributed by atoms with Gasteiger partial charge in [0.05, 0.1) is 18.8 Å². The lowest BCUT2D eigenvalue weighted by Gasteiger charge is -2.22. The fourth-order valence-electron chi connectivity index (χ4n) is 2.10. The number of hydrogen-bond acceptors (Lipinski definition) is 5. The van der Waals surface area contributed by atoms with Gasteiger partial charge >= 0.3 is 0 Å². The maximum Gasteiger partial charge on any atom is 0.222 e. The van der Waals surface area contributed by atoms with Gasteiger partial charge in [0, 0.05) is 18.0 Å². The number of nitrogens with one attached hydrogen (secondary N) is 2. The number of nitrogens with zero attached hydrogens (tertiary/aromatic N) is 1. The molecule has 6 heteroatoms. The minimum absolute atomic E-state index is 0.0219. The van der Waals surface area contributed by atoms with Crippen molar-refractivity contribution in [1.82, 2.24) is 15.6 Å². The molecule has 1 amide bonds. The number of piperidine rings is 1. The van der Waals surface area contributed by atoms with Crippen molar-refractivity contribution in [1.29, 1.82) is 0 Å². The van der Waals surface area contributed by atoms with E-state index in [9.17, 15) is 4.79 Å². The summed E-state index contributed by atoms with van der Waals surface area (Å²) in [5.74, 6) is 0.0247. The predicted molar refractivity (Wildman–Crippen MR) is 75.1 cm³/mol. The van der Waals surface area contributed by atoms with Crippen LogP contribution in [0.2, 0.25) is 0 Å². The summed E-state index contributed by atoms with van der Waals surface area (Å²) in [5.41, 5.74) is 0. The van der Waals surface area contributed by atoms with E-state index < -0.39 is 0 Å². The molecule has 0 aliphatic carbocycles. The zero-order valence-electron chi connectivity index (χ0n) is 11.2. The fourth-order valence-corrected chi connectivity index (χ4v) is 2.75. The van der Waals surface area contributed by atoms with Gasteiger partial charge in [0.2, 0.25) is 5.91 Å². The summed E-state index contributed by atoms with van der Waals surface area (Å²) in [6, 6.07) is -0.0219. The lowest BCUT2D eigenvalue weighted by Crippen LogP contribution is -2.33. The van der Waals surface area contributed by atoms with Crippen LogP contribution in [-0.4, -0.2) is 36.7 Å². The van der Waals surface area contributed by atoms with Crippen LogP contribution in [0.5, 0.6) is 0 Å². The fraction of sp³-hybridized carbons (Fsp3) is 0.692. The van der Waals surface area contributed by atoms with E-state index in [2.05, 4.69) is 15.6 Å². The summed E-state index contributed by atoms with van der Waals surface area (Å²) in [5, 5.41) is 9.08. The molecule has 1 aliphatic heterocycles. The number of ether oxygens (including phenoxy) is 1. The molecule has 0 aromatic carbocycles. The molecule has 1 aromatic heterocycles. The molecule has 1 atom stereocenters. The molecule has 0 saturated carbocycles. The van der Waals surface area contributed by atoms with E-state index in [-0.39, 0.29) is 11.9 Å². The highest BCUT2D eigenvalue weighted by Gasteiger charge is 2.15. The Kier molecular flexibility index (Phi) is 5.75. The van der Waals surface area contributed by atoms with Gasteiger partial charge in [-0.3, -0.25) is 4.79 Å².